The first-order valence-electron chi connectivity index (χ1n) is 10.6. The van der Waals surface area contributed by atoms with E-state index in [1.54, 1.807) is 32.2 Å². The van der Waals surface area contributed by atoms with Crippen LogP contribution in [0.5, 0.6) is 5.75 Å². The maximum atomic E-state index is 14.1. The molecule has 0 fully saturated rings. The molecule has 0 aliphatic heterocycles. The second-order valence-electron chi connectivity index (χ2n) is 8.50. The van der Waals surface area contributed by atoms with Crippen molar-refractivity contribution in [1.29, 1.82) is 0 Å². The van der Waals surface area contributed by atoms with Crippen LogP contribution in [-0.2, 0) is 5.60 Å². The van der Waals surface area contributed by atoms with Gasteiger partial charge in [0, 0.05) is 29.4 Å². The molecular weight excluding hydrogens is 533 g/mol. The van der Waals surface area contributed by atoms with Crippen molar-refractivity contribution in [3.63, 3.8) is 0 Å². The monoisotopic (exact) mass is 552 g/mol. The SMILES string of the molecule is Cc1cc(OC(C)c2ncc(F)cc2F)c(Cl)c(=O)n1-c1cc(-c2csc(C(C)(C)O)n2)ncc1Cl. The Hall–Kier alpha value is -2.92. The number of rotatable bonds is 6. The van der Waals surface area contributed by atoms with Crippen molar-refractivity contribution in [2.45, 2.75) is 39.4 Å². The zero-order valence-electron chi connectivity index (χ0n) is 19.5. The van der Waals surface area contributed by atoms with Crippen LogP contribution in [0.1, 0.15) is 43.3 Å². The lowest BCUT2D eigenvalue weighted by Crippen LogP contribution is -2.23. The standard InChI is InChI=1S/C24H20Cl2F2N4O3S/c1-11-5-19(35-12(2)21-15(28)6-13(27)8-30-21)20(26)22(33)32(11)18-7-16(29-9-14(18)25)17-10-36-23(31-17)24(3,4)34/h5-10,12,34H,1-4H3. The van der Waals surface area contributed by atoms with Crippen molar-refractivity contribution < 1.29 is 18.6 Å². The average molecular weight is 553 g/mol. The molecule has 1 N–H and O–H groups in total. The van der Waals surface area contributed by atoms with Crippen molar-refractivity contribution in [2.24, 2.45) is 0 Å². The largest absolute Gasteiger partial charge is 0.482 e. The van der Waals surface area contributed by atoms with E-state index in [0.717, 1.165) is 6.20 Å². The number of halogens is 4. The van der Waals surface area contributed by atoms with E-state index in [4.69, 9.17) is 27.9 Å². The third kappa shape index (κ3) is 5.12. The van der Waals surface area contributed by atoms with E-state index < -0.39 is 28.9 Å². The molecular formula is C24H20Cl2F2N4O3S. The predicted molar refractivity (Wildman–Crippen MR) is 134 cm³/mol. The van der Waals surface area contributed by atoms with Crippen LogP contribution in [0, 0.1) is 18.6 Å². The molecule has 12 heteroatoms. The van der Waals surface area contributed by atoms with Crippen molar-refractivity contribution in [3.05, 3.63) is 84.4 Å². The molecule has 36 heavy (non-hydrogen) atoms. The number of thiazole rings is 1. The van der Waals surface area contributed by atoms with Gasteiger partial charge in [-0.05, 0) is 33.8 Å². The van der Waals surface area contributed by atoms with Crippen LogP contribution in [0.4, 0.5) is 8.78 Å². The second-order valence-corrected chi connectivity index (χ2v) is 10.1. The van der Waals surface area contributed by atoms with E-state index in [-0.39, 0.29) is 21.5 Å². The molecule has 4 rings (SSSR count). The third-order valence-corrected chi connectivity index (χ3v) is 6.99. The fourth-order valence-corrected chi connectivity index (χ4v) is 4.66. The smallest absolute Gasteiger partial charge is 0.277 e. The van der Waals surface area contributed by atoms with E-state index in [1.807, 2.05) is 0 Å². The number of pyridine rings is 3. The Balaban J connectivity index is 1.73. The number of hydrogen-bond donors (Lipinski definition) is 1. The summed E-state index contributed by atoms with van der Waals surface area (Å²) in [7, 11) is 0. The van der Waals surface area contributed by atoms with Gasteiger partial charge in [-0.15, -0.1) is 11.3 Å². The van der Waals surface area contributed by atoms with E-state index in [1.165, 1.54) is 35.1 Å². The Morgan fingerprint density at radius 2 is 1.86 bits per heavy atom. The lowest BCUT2D eigenvalue weighted by molar-refractivity contribution is 0.0783. The first-order chi connectivity index (χ1) is 16.9. The Morgan fingerprint density at radius 3 is 2.50 bits per heavy atom. The highest BCUT2D eigenvalue weighted by molar-refractivity contribution is 7.10. The summed E-state index contributed by atoms with van der Waals surface area (Å²) in [4.78, 5) is 25.7. The van der Waals surface area contributed by atoms with Gasteiger partial charge in [-0.25, -0.2) is 13.8 Å². The van der Waals surface area contributed by atoms with Gasteiger partial charge in [0.1, 0.15) is 44.7 Å². The number of hydrogen-bond acceptors (Lipinski definition) is 7. The van der Waals surface area contributed by atoms with E-state index in [9.17, 15) is 18.7 Å². The number of aromatic nitrogens is 4. The Bertz CT molecular complexity index is 1520. The fraction of sp³-hybridized carbons (Fsp3) is 0.250. The van der Waals surface area contributed by atoms with Gasteiger partial charge in [-0.1, -0.05) is 23.2 Å². The van der Waals surface area contributed by atoms with Crippen LogP contribution in [0.2, 0.25) is 10.0 Å². The molecule has 0 radical (unpaired) electrons. The summed E-state index contributed by atoms with van der Waals surface area (Å²) in [5, 5.41) is 12.4. The molecule has 4 heterocycles. The van der Waals surface area contributed by atoms with E-state index in [0.29, 0.717) is 33.8 Å². The predicted octanol–water partition coefficient (Wildman–Crippen LogP) is 6.01. The molecule has 0 bridgehead atoms. The second kappa shape index (κ2) is 9.85. The molecule has 4 aromatic heterocycles. The summed E-state index contributed by atoms with van der Waals surface area (Å²) in [5.41, 5.74) is -0.183. The first kappa shape index (κ1) is 26.2. The lowest BCUT2D eigenvalue weighted by atomic mass is 10.1. The van der Waals surface area contributed by atoms with Gasteiger partial charge in [0.25, 0.3) is 5.56 Å². The molecule has 0 amide bonds. The normalized spacial score (nSPS) is 12.6. The molecule has 1 unspecified atom stereocenters. The highest BCUT2D eigenvalue weighted by Gasteiger charge is 2.23. The maximum absolute atomic E-state index is 14.1. The molecule has 0 saturated carbocycles. The van der Waals surface area contributed by atoms with Crippen molar-refractivity contribution in [2.75, 3.05) is 0 Å². The number of ether oxygens (including phenoxy) is 1. The van der Waals surface area contributed by atoms with Crippen molar-refractivity contribution in [3.8, 4) is 22.8 Å². The van der Waals surface area contributed by atoms with Gasteiger partial charge in [-0.3, -0.25) is 19.3 Å². The summed E-state index contributed by atoms with van der Waals surface area (Å²) in [6.45, 7) is 6.42. The van der Waals surface area contributed by atoms with Crippen LogP contribution in [0.15, 0.2) is 40.8 Å². The van der Waals surface area contributed by atoms with Crippen molar-refractivity contribution in [1.82, 2.24) is 19.5 Å². The maximum Gasteiger partial charge on any atom is 0.277 e. The van der Waals surface area contributed by atoms with Crippen LogP contribution in [0.25, 0.3) is 17.1 Å². The molecule has 7 nitrogen and oxygen atoms in total. The summed E-state index contributed by atoms with van der Waals surface area (Å²) in [5.74, 6) is -1.69. The third-order valence-electron chi connectivity index (χ3n) is 5.19. The molecule has 0 aliphatic rings. The van der Waals surface area contributed by atoms with Gasteiger partial charge >= 0.3 is 0 Å². The first-order valence-corrected chi connectivity index (χ1v) is 12.2. The summed E-state index contributed by atoms with van der Waals surface area (Å²) in [6, 6.07) is 3.80. The molecule has 0 saturated heterocycles. The summed E-state index contributed by atoms with van der Waals surface area (Å²) >= 11 is 14.0. The minimum atomic E-state index is -1.11. The molecule has 188 valence electrons. The number of aryl methyl sites for hydroxylation is 1. The Morgan fingerprint density at radius 1 is 1.14 bits per heavy atom. The van der Waals surface area contributed by atoms with Gasteiger partial charge in [0.15, 0.2) is 5.82 Å². The topological polar surface area (TPSA) is 90.1 Å². The molecule has 4 aromatic rings. The van der Waals surface area contributed by atoms with Gasteiger partial charge in [-0.2, -0.15) is 0 Å². The summed E-state index contributed by atoms with van der Waals surface area (Å²) < 4.78 is 34.3. The number of nitrogens with zero attached hydrogens (tertiary/aromatic N) is 4. The van der Waals surface area contributed by atoms with Gasteiger partial charge in [0.2, 0.25) is 0 Å². The molecule has 0 aromatic carbocycles. The zero-order valence-corrected chi connectivity index (χ0v) is 21.8. The van der Waals surface area contributed by atoms with Crippen molar-refractivity contribution >= 4 is 34.5 Å². The zero-order chi connectivity index (χ0) is 26.4. The highest BCUT2D eigenvalue weighted by Crippen LogP contribution is 2.33. The summed E-state index contributed by atoms with van der Waals surface area (Å²) in [6.07, 6.45) is 1.31. The van der Waals surface area contributed by atoms with Crippen LogP contribution in [0.3, 0.4) is 0 Å². The Labute approximate surface area is 219 Å². The average Bonchev–Trinajstić information content (AvgIpc) is 3.29. The highest BCUT2D eigenvalue weighted by atomic mass is 35.5. The lowest BCUT2D eigenvalue weighted by Gasteiger charge is -2.19. The quantitative estimate of drug-likeness (QED) is 0.315. The van der Waals surface area contributed by atoms with Gasteiger partial charge < -0.3 is 9.84 Å². The van der Waals surface area contributed by atoms with Crippen LogP contribution < -0.4 is 10.3 Å². The fourth-order valence-electron chi connectivity index (χ4n) is 3.45. The molecule has 0 aliphatic carbocycles. The van der Waals surface area contributed by atoms with E-state index >= 15 is 0 Å². The van der Waals surface area contributed by atoms with Gasteiger partial charge in [0.05, 0.1) is 22.6 Å². The van der Waals surface area contributed by atoms with Crippen LogP contribution in [-0.4, -0.2) is 24.6 Å². The minimum absolute atomic E-state index is 0.00756. The van der Waals surface area contributed by atoms with E-state index in [2.05, 4.69) is 15.0 Å². The van der Waals surface area contributed by atoms with Crippen LogP contribution >= 0.6 is 34.5 Å². The Kier molecular flexibility index (Phi) is 7.16. The number of aliphatic hydroxyl groups is 1. The molecule has 0 spiro atoms. The molecule has 1 atom stereocenters. The minimum Gasteiger partial charge on any atom is -0.482 e.